The number of aliphatic hydroxyl groups is 2. The summed E-state index contributed by atoms with van der Waals surface area (Å²) >= 11 is 0. The number of ether oxygens (including phenoxy) is 1. The standard InChI is InChI=1S/C13H24O2.C3H8O2/c1-3-5-6-7-8-9-10-11-12-15-13(14)4-2;1-3(5)2-4/h4H,2-3,5-12H2,1H3;3-5H,2H2,1H3. The summed E-state index contributed by atoms with van der Waals surface area (Å²) in [6, 6.07) is 0. The molecule has 0 amide bonds. The smallest absolute Gasteiger partial charge is 0.330 e. The summed E-state index contributed by atoms with van der Waals surface area (Å²) in [6.45, 7) is 7.50. The third-order valence-corrected chi connectivity index (χ3v) is 2.67. The van der Waals surface area contributed by atoms with E-state index >= 15 is 0 Å². The first-order chi connectivity index (χ1) is 9.58. The summed E-state index contributed by atoms with van der Waals surface area (Å²) < 4.78 is 4.88. The Morgan fingerprint density at radius 1 is 1.15 bits per heavy atom. The van der Waals surface area contributed by atoms with Gasteiger partial charge in [-0.1, -0.05) is 58.4 Å². The molecule has 0 fully saturated rings. The maximum Gasteiger partial charge on any atom is 0.330 e. The molecule has 0 aliphatic heterocycles. The molecule has 0 aromatic heterocycles. The Balaban J connectivity index is 0. The van der Waals surface area contributed by atoms with E-state index in [4.69, 9.17) is 14.9 Å². The van der Waals surface area contributed by atoms with Gasteiger partial charge in [-0.2, -0.15) is 0 Å². The van der Waals surface area contributed by atoms with Crippen molar-refractivity contribution >= 4 is 5.97 Å². The SMILES string of the molecule is C=CC(=O)OCCCCCCCCCC.CC(O)CO. The van der Waals surface area contributed by atoms with Gasteiger partial charge >= 0.3 is 5.97 Å². The zero-order chi connectivity index (χ0) is 15.6. The average molecular weight is 288 g/mol. The van der Waals surface area contributed by atoms with Crippen LogP contribution < -0.4 is 0 Å². The molecule has 0 spiro atoms. The van der Waals surface area contributed by atoms with Gasteiger partial charge in [-0.15, -0.1) is 0 Å². The predicted molar refractivity (Wildman–Crippen MR) is 82.5 cm³/mol. The molecule has 2 N–H and O–H groups in total. The lowest BCUT2D eigenvalue weighted by atomic mass is 10.1. The lowest BCUT2D eigenvalue weighted by Gasteiger charge is -2.02. The first kappa shape index (κ1) is 21.4. The summed E-state index contributed by atoms with van der Waals surface area (Å²) in [6.07, 6.45) is 10.7. The average Bonchev–Trinajstić information content (AvgIpc) is 2.45. The Labute approximate surface area is 123 Å². The van der Waals surface area contributed by atoms with Gasteiger partial charge in [-0.25, -0.2) is 4.79 Å². The predicted octanol–water partition coefficient (Wildman–Crippen LogP) is 3.22. The largest absolute Gasteiger partial charge is 0.463 e. The van der Waals surface area contributed by atoms with E-state index in [-0.39, 0.29) is 12.6 Å². The Bertz CT molecular complexity index is 215. The van der Waals surface area contributed by atoms with Gasteiger partial charge in [-0.3, -0.25) is 0 Å². The zero-order valence-electron chi connectivity index (χ0n) is 13.1. The van der Waals surface area contributed by atoms with Crippen molar-refractivity contribution in [1.29, 1.82) is 0 Å². The van der Waals surface area contributed by atoms with E-state index in [0.29, 0.717) is 6.61 Å². The molecule has 0 bridgehead atoms. The molecule has 4 heteroatoms. The number of carbonyl (C=O) groups excluding carboxylic acids is 1. The molecule has 0 saturated carbocycles. The summed E-state index contributed by atoms with van der Waals surface area (Å²) in [5.74, 6) is -0.307. The van der Waals surface area contributed by atoms with Gasteiger partial charge in [0.1, 0.15) is 0 Å². The number of hydrogen-bond acceptors (Lipinski definition) is 4. The fourth-order valence-electron chi connectivity index (χ4n) is 1.47. The van der Waals surface area contributed by atoms with Crippen molar-refractivity contribution < 1.29 is 19.7 Å². The van der Waals surface area contributed by atoms with Crippen LogP contribution >= 0.6 is 0 Å². The van der Waals surface area contributed by atoms with E-state index in [1.165, 1.54) is 51.5 Å². The highest BCUT2D eigenvalue weighted by atomic mass is 16.5. The van der Waals surface area contributed by atoms with Crippen LogP contribution in [0.3, 0.4) is 0 Å². The lowest BCUT2D eigenvalue weighted by Crippen LogP contribution is -2.03. The van der Waals surface area contributed by atoms with Gasteiger partial charge in [0.05, 0.1) is 19.3 Å². The normalized spacial score (nSPS) is 11.2. The Hall–Kier alpha value is -0.870. The second-order valence-electron chi connectivity index (χ2n) is 4.88. The molecule has 0 aromatic carbocycles. The van der Waals surface area contributed by atoms with Gasteiger partial charge in [0.25, 0.3) is 0 Å². The maximum atomic E-state index is 10.7. The highest BCUT2D eigenvalue weighted by Crippen LogP contribution is 2.08. The first-order valence-electron chi connectivity index (χ1n) is 7.66. The number of carbonyl (C=O) groups is 1. The fraction of sp³-hybridized carbons (Fsp3) is 0.812. The third-order valence-electron chi connectivity index (χ3n) is 2.67. The molecule has 0 aromatic rings. The maximum absolute atomic E-state index is 10.7. The highest BCUT2D eigenvalue weighted by Gasteiger charge is 1.95. The molecule has 1 unspecified atom stereocenters. The summed E-state index contributed by atoms with van der Waals surface area (Å²) in [5.41, 5.74) is 0. The molecule has 0 aliphatic carbocycles. The Morgan fingerprint density at radius 3 is 2.00 bits per heavy atom. The number of aliphatic hydroxyl groups excluding tert-OH is 2. The van der Waals surface area contributed by atoms with Gasteiger partial charge < -0.3 is 14.9 Å². The van der Waals surface area contributed by atoms with Gasteiger partial charge in [0, 0.05) is 6.08 Å². The van der Waals surface area contributed by atoms with Crippen molar-refractivity contribution in [2.45, 2.75) is 71.3 Å². The number of rotatable bonds is 11. The van der Waals surface area contributed by atoms with E-state index in [1.54, 1.807) is 0 Å². The van der Waals surface area contributed by atoms with Crippen molar-refractivity contribution in [3.05, 3.63) is 12.7 Å². The minimum atomic E-state index is -0.560. The van der Waals surface area contributed by atoms with Crippen molar-refractivity contribution in [1.82, 2.24) is 0 Å². The van der Waals surface area contributed by atoms with Gasteiger partial charge in [0.2, 0.25) is 0 Å². The molecule has 1 atom stereocenters. The Kier molecular flexibility index (Phi) is 19.4. The van der Waals surface area contributed by atoms with Crippen LogP contribution in [0.15, 0.2) is 12.7 Å². The summed E-state index contributed by atoms with van der Waals surface area (Å²) in [4.78, 5) is 10.7. The van der Waals surface area contributed by atoms with E-state index in [2.05, 4.69) is 13.5 Å². The van der Waals surface area contributed by atoms with Crippen molar-refractivity contribution in [3.63, 3.8) is 0 Å². The van der Waals surface area contributed by atoms with Crippen LogP contribution in [0.4, 0.5) is 0 Å². The van der Waals surface area contributed by atoms with Crippen LogP contribution in [-0.2, 0) is 9.53 Å². The van der Waals surface area contributed by atoms with Crippen LogP contribution in [0.25, 0.3) is 0 Å². The third kappa shape index (κ3) is 22.3. The van der Waals surface area contributed by atoms with Crippen molar-refractivity contribution in [2.75, 3.05) is 13.2 Å². The number of unbranched alkanes of at least 4 members (excludes halogenated alkanes) is 7. The lowest BCUT2D eigenvalue weighted by molar-refractivity contribution is -0.137. The molecule has 4 nitrogen and oxygen atoms in total. The first-order valence-corrected chi connectivity index (χ1v) is 7.66. The number of hydrogen-bond donors (Lipinski definition) is 2. The van der Waals surface area contributed by atoms with E-state index in [1.807, 2.05) is 0 Å². The minimum absolute atomic E-state index is 0.139. The number of esters is 1. The zero-order valence-corrected chi connectivity index (χ0v) is 13.1. The molecular formula is C16H32O4. The van der Waals surface area contributed by atoms with Crippen LogP contribution in [0.5, 0.6) is 0 Å². The Morgan fingerprint density at radius 2 is 1.60 bits per heavy atom. The van der Waals surface area contributed by atoms with E-state index in [0.717, 1.165) is 12.8 Å². The molecule has 0 aliphatic rings. The van der Waals surface area contributed by atoms with Crippen LogP contribution in [0.1, 0.15) is 65.2 Å². The van der Waals surface area contributed by atoms with Gasteiger partial charge in [0.15, 0.2) is 0 Å². The molecule has 20 heavy (non-hydrogen) atoms. The van der Waals surface area contributed by atoms with Crippen LogP contribution in [-0.4, -0.2) is 35.5 Å². The molecule has 0 radical (unpaired) electrons. The molecule has 120 valence electrons. The highest BCUT2D eigenvalue weighted by molar-refractivity contribution is 5.81. The quantitative estimate of drug-likeness (QED) is 0.348. The monoisotopic (exact) mass is 288 g/mol. The van der Waals surface area contributed by atoms with E-state index < -0.39 is 6.10 Å². The van der Waals surface area contributed by atoms with Crippen molar-refractivity contribution in [3.8, 4) is 0 Å². The topological polar surface area (TPSA) is 66.8 Å². The van der Waals surface area contributed by atoms with Crippen molar-refractivity contribution in [2.24, 2.45) is 0 Å². The molecule has 0 heterocycles. The van der Waals surface area contributed by atoms with Crippen LogP contribution in [0.2, 0.25) is 0 Å². The minimum Gasteiger partial charge on any atom is -0.463 e. The molecule has 0 rings (SSSR count). The molecule has 0 saturated heterocycles. The van der Waals surface area contributed by atoms with Crippen LogP contribution in [0, 0.1) is 0 Å². The fourth-order valence-corrected chi connectivity index (χ4v) is 1.47. The second kappa shape index (κ2) is 18.1. The summed E-state index contributed by atoms with van der Waals surface area (Å²) in [5, 5.41) is 16.0. The van der Waals surface area contributed by atoms with Gasteiger partial charge in [-0.05, 0) is 13.3 Å². The van der Waals surface area contributed by atoms with E-state index in [9.17, 15) is 4.79 Å². The molecular weight excluding hydrogens is 256 g/mol. The second-order valence-corrected chi connectivity index (χ2v) is 4.88. The summed E-state index contributed by atoms with van der Waals surface area (Å²) in [7, 11) is 0.